The highest BCUT2D eigenvalue weighted by molar-refractivity contribution is 14.1. The molecule has 0 aliphatic rings. The summed E-state index contributed by atoms with van der Waals surface area (Å²) in [4.78, 5) is -1.07. The molecule has 0 radical (unpaired) electrons. The lowest BCUT2D eigenvalue weighted by Gasteiger charge is -2.01. The standard InChI is InChI=1S/C6H3F2IO3S.C2H6/c7-4-2-1-3-5(8)6(4)13(10,11)12-9;1-2/h1-3H;1-2H3. The second-order valence-corrected chi connectivity index (χ2v) is 4.59. The molecule has 0 fully saturated rings. The van der Waals surface area contributed by atoms with Gasteiger partial charge in [0, 0.05) is 0 Å². The molecule has 0 aliphatic heterocycles. The van der Waals surface area contributed by atoms with Crippen LogP contribution in [0.4, 0.5) is 8.78 Å². The minimum Gasteiger partial charge on any atom is -0.205 e. The van der Waals surface area contributed by atoms with E-state index < -0.39 is 26.6 Å². The predicted octanol–water partition coefficient (Wildman–Crippen LogP) is 3.05. The first kappa shape index (κ1) is 14.7. The molecular formula is C8H9F2IO3S. The van der Waals surface area contributed by atoms with Gasteiger partial charge in [-0.15, -0.1) is 0 Å². The highest BCUT2D eigenvalue weighted by Crippen LogP contribution is 2.21. The number of rotatable bonds is 2. The van der Waals surface area contributed by atoms with Crippen LogP contribution < -0.4 is 0 Å². The van der Waals surface area contributed by atoms with Crippen molar-refractivity contribution in [2.75, 3.05) is 0 Å². The summed E-state index contributed by atoms with van der Waals surface area (Å²) in [6.07, 6.45) is 0. The van der Waals surface area contributed by atoms with Gasteiger partial charge >= 0.3 is 10.1 Å². The van der Waals surface area contributed by atoms with Gasteiger partial charge < -0.3 is 0 Å². The van der Waals surface area contributed by atoms with Crippen LogP contribution in [-0.2, 0) is 12.6 Å². The zero-order valence-corrected chi connectivity index (χ0v) is 11.0. The zero-order chi connectivity index (χ0) is 12.1. The number of halogens is 3. The van der Waals surface area contributed by atoms with Crippen molar-refractivity contribution in [3.63, 3.8) is 0 Å². The molecule has 86 valence electrons. The van der Waals surface area contributed by atoms with Crippen LogP contribution in [0, 0.1) is 11.6 Å². The van der Waals surface area contributed by atoms with Crippen LogP contribution in [0.2, 0.25) is 0 Å². The first-order chi connectivity index (χ1) is 6.99. The summed E-state index contributed by atoms with van der Waals surface area (Å²) in [6.45, 7) is 4.00. The minimum atomic E-state index is -4.32. The lowest BCUT2D eigenvalue weighted by molar-refractivity contribution is 0.491. The summed E-state index contributed by atoms with van der Waals surface area (Å²) in [5.74, 6) is -2.34. The maximum atomic E-state index is 12.8. The Bertz CT molecular complexity index is 400. The van der Waals surface area contributed by atoms with E-state index in [1.807, 2.05) is 13.8 Å². The molecule has 0 N–H and O–H groups in total. The van der Waals surface area contributed by atoms with Crippen LogP contribution in [0.5, 0.6) is 0 Å². The summed E-state index contributed by atoms with van der Waals surface area (Å²) < 4.78 is 51.5. The summed E-state index contributed by atoms with van der Waals surface area (Å²) in [7, 11) is -4.32. The molecule has 1 aromatic carbocycles. The van der Waals surface area contributed by atoms with E-state index in [0.717, 1.165) is 41.2 Å². The number of hydrogen-bond acceptors (Lipinski definition) is 3. The highest BCUT2D eigenvalue weighted by Gasteiger charge is 2.23. The Balaban J connectivity index is 0.000000921. The van der Waals surface area contributed by atoms with Gasteiger partial charge in [-0.1, -0.05) is 19.9 Å². The average molecular weight is 350 g/mol. The molecular weight excluding hydrogens is 341 g/mol. The fourth-order valence-electron chi connectivity index (χ4n) is 0.753. The Morgan fingerprint density at radius 1 is 1.20 bits per heavy atom. The van der Waals surface area contributed by atoms with Gasteiger partial charge in [-0.25, -0.2) is 8.78 Å². The van der Waals surface area contributed by atoms with Gasteiger partial charge in [0.1, 0.15) is 34.6 Å². The fraction of sp³-hybridized carbons (Fsp3) is 0.250. The molecule has 0 amide bonds. The average Bonchev–Trinajstić information content (AvgIpc) is 2.20. The van der Waals surface area contributed by atoms with Crippen molar-refractivity contribution in [2.45, 2.75) is 18.7 Å². The molecule has 3 nitrogen and oxygen atoms in total. The molecule has 0 bridgehead atoms. The van der Waals surface area contributed by atoms with E-state index >= 15 is 0 Å². The van der Waals surface area contributed by atoms with Crippen LogP contribution >= 0.6 is 23.0 Å². The monoisotopic (exact) mass is 350 g/mol. The molecule has 0 saturated carbocycles. The summed E-state index contributed by atoms with van der Waals surface area (Å²) in [5.41, 5.74) is 0. The van der Waals surface area contributed by atoms with E-state index in [4.69, 9.17) is 0 Å². The van der Waals surface area contributed by atoms with Crippen LogP contribution in [0.3, 0.4) is 0 Å². The quantitative estimate of drug-likeness (QED) is 0.770. The fourth-order valence-corrected chi connectivity index (χ4v) is 1.97. The summed E-state index contributed by atoms with van der Waals surface area (Å²) in [6, 6.07) is 2.74. The van der Waals surface area contributed by atoms with Gasteiger partial charge in [0.25, 0.3) is 0 Å². The van der Waals surface area contributed by atoms with E-state index in [0.29, 0.717) is 0 Å². The third kappa shape index (κ3) is 3.65. The van der Waals surface area contributed by atoms with E-state index in [9.17, 15) is 17.2 Å². The highest BCUT2D eigenvalue weighted by atomic mass is 127. The maximum absolute atomic E-state index is 12.8. The Hall–Kier alpha value is -0.280. The molecule has 7 heteroatoms. The van der Waals surface area contributed by atoms with Gasteiger partial charge in [-0.05, 0) is 12.1 Å². The Morgan fingerprint density at radius 2 is 1.60 bits per heavy atom. The lowest BCUT2D eigenvalue weighted by atomic mass is 10.3. The van der Waals surface area contributed by atoms with Gasteiger partial charge in [-0.3, -0.25) is 0 Å². The number of hydrogen-bond donors (Lipinski definition) is 0. The normalized spacial score (nSPS) is 10.5. The van der Waals surface area contributed by atoms with Gasteiger partial charge in [0.15, 0.2) is 4.90 Å². The van der Waals surface area contributed by atoms with Crippen LogP contribution in [0.15, 0.2) is 23.1 Å². The predicted molar refractivity (Wildman–Crippen MR) is 60.0 cm³/mol. The van der Waals surface area contributed by atoms with Crippen molar-refractivity contribution in [3.05, 3.63) is 29.8 Å². The van der Waals surface area contributed by atoms with Crippen LogP contribution in [0.1, 0.15) is 13.8 Å². The molecule has 0 unspecified atom stereocenters. The largest absolute Gasteiger partial charge is 0.311 e. The zero-order valence-electron chi connectivity index (χ0n) is 8.00. The number of benzene rings is 1. The van der Waals surface area contributed by atoms with Crippen molar-refractivity contribution in [2.24, 2.45) is 0 Å². The molecule has 0 aliphatic carbocycles. The molecule has 1 aromatic rings. The Labute approximate surface area is 101 Å². The minimum absolute atomic E-state index is 0.839. The molecule has 0 aromatic heterocycles. The van der Waals surface area contributed by atoms with E-state index in [-0.39, 0.29) is 0 Å². The summed E-state index contributed by atoms with van der Waals surface area (Å²) >= 11 is 1.05. The van der Waals surface area contributed by atoms with Gasteiger partial charge in [0.2, 0.25) is 0 Å². The topological polar surface area (TPSA) is 43.4 Å². The second-order valence-electron chi connectivity index (χ2n) is 2.07. The SMILES string of the molecule is CC.O=S(=O)(OI)c1c(F)cccc1F. The Kier molecular flexibility index (Phi) is 6.22. The van der Waals surface area contributed by atoms with Crippen molar-refractivity contribution in [3.8, 4) is 0 Å². The molecule has 0 heterocycles. The maximum Gasteiger partial charge on any atom is 0.311 e. The van der Waals surface area contributed by atoms with Crippen LogP contribution in [-0.4, -0.2) is 8.42 Å². The van der Waals surface area contributed by atoms with Crippen LogP contribution in [0.25, 0.3) is 0 Å². The van der Waals surface area contributed by atoms with E-state index in [1.165, 1.54) is 0 Å². The second kappa shape index (κ2) is 6.33. The van der Waals surface area contributed by atoms with Crippen molar-refractivity contribution < 1.29 is 19.7 Å². The Morgan fingerprint density at radius 3 is 1.93 bits per heavy atom. The molecule has 0 atom stereocenters. The summed E-state index contributed by atoms with van der Waals surface area (Å²) in [5, 5.41) is 0. The smallest absolute Gasteiger partial charge is 0.205 e. The first-order valence-corrected chi connectivity index (χ1v) is 6.27. The molecule has 1 rings (SSSR count). The third-order valence-electron chi connectivity index (χ3n) is 1.25. The van der Waals surface area contributed by atoms with Crippen molar-refractivity contribution >= 4 is 33.1 Å². The molecule has 0 spiro atoms. The first-order valence-electron chi connectivity index (χ1n) is 3.98. The van der Waals surface area contributed by atoms with Crippen molar-refractivity contribution in [1.29, 1.82) is 0 Å². The molecule has 15 heavy (non-hydrogen) atoms. The third-order valence-corrected chi connectivity index (χ3v) is 3.73. The van der Waals surface area contributed by atoms with Gasteiger partial charge in [-0.2, -0.15) is 10.9 Å². The van der Waals surface area contributed by atoms with Gasteiger partial charge in [0.05, 0.1) is 0 Å². The lowest BCUT2D eigenvalue weighted by Crippen LogP contribution is -2.05. The van der Waals surface area contributed by atoms with E-state index in [1.54, 1.807) is 0 Å². The molecule has 0 saturated heterocycles. The van der Waals surface area contributed by atoms with E-state index in [2.05, 4.69) is 2.51 Å². The van der Waals surface area contributed by atoms with Crippen molar-refractivity contribution in [1.82, 2.24) is 0 Å².